The molecule has 0 radical (unpaired) electrons. The Balaban J connectivity index is 2.46. The molecule has 2 fully saturated rings. The van der Waals surface area contributed by atoms with Crippen molar-refractivity contribution in [3.8, 4) is 0 Å². The maximum atomic E-state index is 11.4. The first kappa shape index (κ1) is 31.5. The fourth-order valence-corrected chi connectivity index (χ4v) is 5.00. The highest BCUT2D eigenvalue weighted by Crippen LogP contribution is 2.33. The van der Waals surface area contributed by atoms with Gasteiger partial charge in [-0.2, -0.15) is 25.3 Å². The molecule has 214 valence electrons. The molecular weight excluding hydrogens is 568 g/mol. The molecule has 0 aromatic carbocycles. The van der Waals surface area contributed by atoms with Gasteiger partial charge in [0.15, 0.2) is 12.4 Å². The fourth-order valence-electron chi connectivity index (χ4n) is 3.67. The monoisotopic (exact) mass is 594 g/mol. The number of hydrogen-bond acceptors (Lipinski definition) is 16. The predicted octanol–water partition coefficient (Wildman–Crippen LogP) is -4.19. The molecule has 2 heterocycles. The quantitative estimate of drug-likeness (QED) is 0.124. The number of aliphatic hydroxyl groups excluding tert-OH is 3. The lowest BCUT2D eigenvalue weighted by molar-refractivity contribution is -0.337. The molecule has 0 saturated carbocycles. The van der Waals surface area contributed by atoms with Gasteiger partial charge in [0.1, 0.15) is 42.7 Å². The Labute approximate surface area is 205 Å². The van der Waals surface area contributed by atoms with Crippen LogP contribution in [0.3, 0.4) is 0 Å². The van der Waals surface area contributed by atoms with Crippen molar-refractivity contribution in [2.24, 2.45) is 0 Å². The van der Waals surface area contributed by atoms with Crippen molar-refractivity contribution in [3.05, 3.63) is 0 Å². The summed E-state index contributed by atoms with van der Waals surface area (Å²) in [5, 5.41) is 30.5. The largest absolute Gasteiger partial charge is 0.397 e. The summed E-state index contributed by atoms with van der Waals surface area (Å²) < 4.78 is 128. The van der Waals surface area contributed by atoms with Gasteiger partial charge in [0.2, 0.25) is 0 Å². The summed E-state index contributed by atoms with van der Waals surface area (Å²) in [6.07, 6.45) is -18.0. The van der Waals surface area contributed by atoms with Crippen molar-refractivity contribution in [2.45, 2.75) is 68.1 Å². The van der Waals surface area contributed by atoms with E-state index in [1.807, 2.05) is 0 Å². The third-order valence-corrected chi connectivity index (χ3v) is 6.47. The molecule has 36 heavy (non-hydrogen) atoms. The molecule has 0 aromatic heterocycles. The van der Waals surface area contributed by atoms with Gasteiger partial charge in [-0.1, -0.05) is 0 Å². The van der Waals surface area contributed by atoms with Crippen LogP contribution in [0.25, 0.3) is 0 Å². The van der Waals surface area contributed by atoms with E-state index in [9.17, 15) is 40.6 Å². The first-order valence-electron chi connectivity index (χ1n) is 9.76. The van der Waals surface area contributed by atoms with Crippen molar-refractivity contribution >= 4 is 31.2 Å². The third-order valence-electron chi connectivity index (χ3n) is 5.10. The van der Waals surface area contributed by atoms with E-state index in [0.717, 1.165) is 14.0 Å². The average Bonchev–Trinajstić information content (AvgIpc) is 2.71. The summed E-state index contributed by atoms with van der Waals surface area (Å²) in [6, 6.07) is 0. The zero-order valence-electron chi connectivity index (χ0n) is 18.4. The molecule has 10 atom stereocenters. The second-order valence-corrected chi connectivity index (χ2v) is 10.8. The Morgan fingerprint density at radius 3 is 1.78 bits per heavy atom. The van der Waals surface area contributed by atoms with Crippen molar-refractivity contribution in [2.75, 3.05) is 20.3 Å². The molecule has 19 nitrogen and oxygen atoms in total. The van der Waals surface area contributed by atoms with Gasteiger partial charge in [-0.3, -0.25) is 13.7 Å². The van der Waals surface area contributed by atoms with Crippen LogP contribution in [0.15, 0.2) is 0 Å². The minimum absolute atomic E-state index is 0.885. The second kappa shape index (κ2) is 12.0. The van der Waals surface area contributed by atoms with E-state index in [4.69, 9.17) is 32.6 Å². The van der Waals surface area contributed by atoms with E-state index in [1.165, 1.54) is 0 Å². The van der Waals surface area contributed by atoms with Gasteiger partial charge >= 0.3 is 31.2 Å². The van der Waals surface area contributed by atoms with Crippen LogP contribution in [0.4, 0.5) is 0 Å². The lowest BCUT2D eigenvalue weighted by atomic mass is 9.95. The van der Waals surface area contributed by atoms with Gasteiger partial charge in [-0.15, -0.1) is 0 Å². The van der Waals surface area contributed by atoms with Crippen molar-refractivity contribution < 1.29 is 85.7 Å². The number of methoxy groups -OCH3 is 1. The minimum atomic E-state index is -5.27. The molecule has 0 aliphatic carbocycles. The second-order valence-electron chi connectivity index (χ2n) is 7.58. The average molecular weight is 595 g/mol. The van der Waals surface area contributed by atoms with Crippen molar-refractivity contribution in [1.29, 1.82) is 0 Å². The van der Waals surface area contributed by atoms with Crippen LogP contribution in [0.2, 0.25) is 0 Å². The maximum Gasteiger partial charge on any atom is 0.397 e. The van der Waals surface area contributed by atoms with Crippen LogP contribution in [0.1, 0.15) is 6.92 Å². The SMILES string of the molecule is CO[C@@H]1C(OS(=O)(=O)O)[C@H](O[C@H]2C(COS(=O)(=O)O)O[C@H](C)C(OS(=O)(=O)O)[C@H]2O)OC(CO)[C@@H]1O. The Morgan fingerprint density at radius 1 is 0.750 bits per heavy atom. The smallest absolute Gasteiger partial charge is 0.394 e. The highest BCUT2D eigenvalue weighted by Gasteiger charge is 2.53. The van der Waals surface area contributed by atoms with Gasteiger partial charge in [0.25, 0.3) is 0 Å². The molecule has 0 amide bonds. The van der Waals surface area contributed by atoms with Gasteiger partial charge in [-0.05, 0) is 6.92 Å². The highest BCUT2D eigenvalue weighted by molar-refractivity contribution is 7.81. The maximum absolute atomic E-state index is 11.4. The van der Waals surface area contributed by atoms with Crippen LogP contribution in [-0.4, -0.2) is 136 Å². The summed E-state index contributed by atoms with van der Waals surface area (Å²) in [4.78, 5) is 0. The summed E-state index contributed by atoms with van der Waals surface area (Å²) in [7, 11) is -14.5. The number of hydrogen-bond donors (Lipinski definition) is 6. The van der Waals surface area contributed by atoms with Crippen LogP contribution in [0, 0.1) is 0 Å². The van der Waals surface area contributed by atoms with Crippen LogP contribution in [-0.2, 0) is 62.7 Å². The molecule has 6 N–H and O–H groups in total. The summed E-state index contributed by atoms with van der Waals surface area (Å²) in [5.74, 6) is 0. The summed E-state index contributed by atoms with van der Waals surface area (Å²) >= 11 is 0. The summed E-state index contributed by atoms with van der Waals surface area (Å²) in [5.41, 5.74) is 0. The van der Waals surface area contributed by atoms with Gasteiger partial charge in [-0.25, -0.2) is 12.5 Å². The Morgan fingerprint density at radius 2 is 1.31 bits per heavy atom. The molecule has 2 aliphatic rings. The van der Waals surface area contributed by atoms with E-state index in [1.54, 1.807) is 0 Å². The molecule has 0 bridgehead atoms. The van der Waals surface area contributed by atoms with Gasteiger partial charge in [0.05, 0.1) is 19.3 Å². The Bertz CT molecular complexity index is 1040. The number of ether oxygens (including phenoxy) is 4. The predicted molar refractivity (Wildman–Crippen MR) is 108 cm³/mol. The molecule has 22 heteroatoms. The molecule has 4 unspecified atom stereocenters. The minimum Gasteiger partial charge on any atom is -0.394 e. The van der Waals surface area contributed by atoms with Crippen LogP contribution in [0.5, 0.6) is 0 Å². The first-order valence-corrected chi connectivity index (χ1v) is 13.9. The normalized spacial score (nSPS) is 38.7. The highest BCUT2D eigenvalue weighted by atomic mass is 32.3. The van der Waals surface area contributed by atoms with Gasteiger partial charge < -0.3 is 34.3 Å². The van der Waals surface area contributed by atoms with Gasteiger partial charge in [0, 0.05) is 7.11 Å². The molecule has 0 aromatic rings. The summed E-state index contributed by atoms with van der Waals surface area (Å²) in [6.45, 7) is -0.792. The fraction of sp³-hybridized carbons (Fsp3) is 1.00. The van der Waals surface area contributed by atoms with E-state index in [-0.39, 0.29) is 0 Å². The molecule has 2 rings (SSSR count). The first-order chi connectivity index (χ1) is 16.4. The molecule has 2 aliphatic heterocycles. The van der Waals surface area contributed by atoms with E-state index in [2.05, 4.69) is 12.5 Å². The zero-order chi connectivity index (χ0) is 27.6. The van der Waals surface area contributed by atoms with Crippen molar-refractivity contribution in [1.82, 2.24) is 0 Å². The van der Waals surface area contributed by atoms with Crippen molar-refractivity contribution in [3.63, 3.8) is 0 Å². The lowest BCUT2D eigenvalue weighted by Crippen LogP contribution is -2.65. The van der Waals surface area contributed by atoms with Crippen LogP contribution < -0.4 is 0 Å². The van der Waals surface area contributed by atoms with E-state index in [0.29, 0.717) is 0 Å². The molecule has 2 saturated heterocycles. The Hall–Kier alpha value is -0.670. The third kappa shape index (κ3) is 8.69. The zero-order valence-corrected chi connectivity index (χ0v) is 20.9. The van der Waals surface area contributed by atoms with Crippen LogP contribution >= 0.6 is 0 Å². The molecular formula is C14H26O19S3. The van der Waals surface area contributed by atoms with E-state index >= 15 is 0 Å². The number of rotatable bonds is 11. The molecule has 0 spiro atoms. The Kier molecular flexibility index (Phi) is 10.5. The van der Waals surface area contributed by atoms with E-state index < -0.39 is 106 Å². The topological polar surface area (TPSA) is 288 Å². The number of aliphatic hydroxyl groups is 3. The lowest BCUT2D eigenvalue weighted by Gasteiger charge is -2.47. The standard InChI is InChI=1S/C14H26O19S3/c1-5-10(32-35(21,22)23)9(17)11(7(29-5)4-28-34(18,19)20)31-14-13(33-36(24,25)26)12(27-2)8(16)6(3-15)30-14/h5-17H,3-4H2,1-2H3,(H,18,19,20)(H,21,22,23)(H,24,25,26)/t5-,6?,7?,8+,9-,10?,11+,12+,13?,14+/m1/s1.